The fourth-order valence-corrected chi connectivity index (χ4v) is 4.77. The van der Waals surface area contributed by atoms with Crippen LogP contribution in [0.3, 0.4) is 0 Å². The highest BCUT2D eigenvalue weighted by atomic mass is 32.2. The van der Waals surface area contributed by atoms with Gasteiger partial charge in [0.2, 0.25) is 0 Å². The van der Waals surface area contributed by atoms with Crippen molar-refractivity contribution >= 4 is 45.5 Å². The molecule has 31 heavy (non-hydrogen) atoms. The van der Waals surface area contributed by atoms with Crippen LogP contribution in [0.5, 0.6) is 5.75 Å². The number of anilines is 1. The van der Waals surface area contributed by atoms with E-state index >= 15 is 0 Å². The summed E-state index contributed by atoms with van der Waals surface area (Å²) in [7, 11) is 2.01. The maximum Gasteiger partial charge on any atom is 0.290 e. The van der Waals surface area contributed by atoms with E-state index in [1.807, 2.05) is 56.4 Å². The maximum absolute atomic E-state index is 11.6. The zero-order chi connectivity index (χ0) is 21.8. The maximum atomic E-state index is 11.6. The molecular formula is C23H21N3O3S2. The number of imide groups is 1. The third-order valence-electron chi connectivity index (χ3n) is 4.66. The van der Waals surface area contributed by atoms with E-state index in [0.29, 0.717) is 18.1 Å². The summed E-state index contributed by atoms with van der Waals surface area (Å²) >= 11 is 2.59. The minimum atomic E-state index is -0.355. The number of thiazole rings is 1. The van der Waals surface area contributed by atoms with Crippen LogP contribution in [-0.4, -0.2) is 36.3 Å². The summed E-state index contributed by atoms with van der Waals surface area (Å²) in [6.07, 6.45) is 1.69. The van der Waals surface area contributed by atoms with Crippen molar-refractivity contribution in [1.29, 1.82) is 0 Å². The average molecular weight is 452 g/mol. The zero-order valence-electron chi connectivity index (χ0n) is 17.1. The van der Waals surface area contributed by atoms with Gasteiger partial charge in [0.25, 0.3) is 11.1 Å². The molecule has 0 atom stereocenters. The lowest BCUT2D eigenvalue weighted by Gasteiger charge is -2.16. The molecule has 2 aromatic carbocycles. The molecule has 0 bridgehead atoms. The molecule has 6 nitrogen and oxygen atoms in total. The summed E-state index contributed by atoms with van der Waals surface area (Å²) in [4.78, 5) is 31.2. The lowest BCUT2D eigenvalue weighted by molar-refractivity contribution is -0.115. The van der Waals surface area contributed by atoms with E-state index in [9.17, 15) is 9.59 Å². The molecule has 0 aliphatic carbocycles. The zero-order valence-corrected chi connectivity index (χ0v) is 18.8. The number of thioether (sulfide) groups is 1. The van der Waals surface area contributed by atoms with Gasteiger partial charge in [0.1, 0.15) is 12.4 Å². The van der Waals surface area contributed by atoms with Crippen LogP contribution in [0.15, 0.2) is 59.5 Å². The number of aromatic nitrogens is 1. The molecule has 1 aromatic heterocycles. The standard InChI is InChI=1S/C23H21N3O3S2/c1-15-20(17-6-4-3-5-7-17)31-22(24-15)26(2)12-13-29-18-10-8-16(9-11-18)14-19-21(27)25-23(28)30-19/h3-11,14H,12-13H2,1-2H3,(H,25,27,28)/b19-14+. The second-order valence-electron chi connectivity index (χ2n) is 6.97. The van der Waals surface area contributed by atoms with Crippen molar-refractivity contribution in [3.05, 3.63) is 70.8 Å². The Balaban J connectivity index is 1.32. The number of hydrogen-bond acceptors (Lipinski definition) is 7. The van der Waals surface area contributed by atoms with Crippen LogP contribution in [0.2, 0.25) is 0 Å². The third kappa shape index (κ3) is 5.15. The highest BCUT2D eigenvalue weighted by Gasteiger charge is 2.24. The van der Waals surface area contributed by atoms with Gasteiger partial charge in [-0.1, -0.05) is 53.8 Å². The largest absolute Gasteiger partial charge is 0.492 e. The Morgan fingerprint density at radius 1 is 1.10 bits per heavy atom. The SMILES string of the molecule is Cc1nc(N(C)CCOc2ccc(/C=C3/SC(=O)NC3=O)cc2)sc1-c1ccccc1. The quantitative estimate of drug-likeness (QED) is 0.512. The number of benzene rings is 2. The second-order valence-corrected chi connectivity index (χ2v) is 8.96. The fourth-order valence-electron chi connectivity index (χ4n) is 3.03. The first kappa shape index (κ1) is 21.1. The molecule has 1 fully saturated rings. The average Bonchev–Trinajstić information content (AvgIpc) is 3.31. The Hall–Kier alpha value is -3.10. The molecular weight excluding hydrogens is 430 g/mol. The number of ether oxygens (including phenoxy) is 1. The highest BCUT2D eigenvalue weighted by Crippen LogP contribution is 2.34. The minimum absolute atomic E-state index is 0.341. The van der Waals surface area contributed by atoms with E-state index < -0.39 is 0 Å². The van der Waals surface area contributed by atoms with Gasteiger partial charge < -0.3 is 9.64 Å². The van der Waals surface area contributed by atoms with E-state index in [4.69, 9.17) is 9.72 Å². The molecule has 158 valence electrons. The van der Waals surface area contributed by atoms with Crippen molar-refractivity contribution in [2.24, 2.45) is 0 Å². The first-order valence-corrected chi connectivity index (χ1v) is 11.3. The summed E-state index contributed by atoms with van der Waals surface area (Å²) < 4.78 is 5.86. The van der Waals surface area contributed by atoms with Crippen LogP contribution in [0.4, 0.5) is 9.93 Å². The lowest BCUT2D eigenvalue weighted by Crippen LogP contribution is -2.23. The van der Waals surface area contributed by atoms with Crippen molar-refractivity contribution in [3.63, 3.8) is 0 Å². The van der Waals surface area contributed by atoms with Crippen molar-refractivity contribution in [3.8, 4) is 16.2 Å². The van der Waals surface area contributed by atoms with Crippen molar-refractivity contribution < 1.29 is 14.3 Å². The van der Waals surface area contributed by atoms with Crippen LogP contribution in [0.25, 0.3) is 16.5 Å². The first-order valence-electron chi connectivity index (χ1n) is 9.71. The van der Waals surface area contributed by atoms with Gasteiger partial charge in [0, 0.05) is 7.05 Å². The lowest BCUT2D eigenvalue weighted by atomic mass is 10.2. The Morgan fingerprint density at radius 3 is 2.52 bits per heavy atom. The number of carbonyl (C=O) groups excluding carboxylic acids is 2. The molecule has 1 aliphatic heterocycles. The number of nitrogens with one attached hydrogen (secondary N) is 1. The van der Waals surface area contributed by atoms with Crippen LogP contribution >= 0.6 is 23.1 Å². The van der Waals surface area contributed by atoms with E-state index in [2.05, 4.69) is 22.3 Å². The van der Waals surface area contributed by atoms with Gasteiger partial charge in [-0.3, -0.25) is 14.9 Å². The molecule has 2 heterocycles. The molecule has 2 amide bonds. The molecule has 0 radical (unpaired) electrons. The minimum Gasteiger partial charge on any atom is -0.492 e. The number of rotatable bonds is 7. The summed E-state index contributed by atoms with van der Waals surface area (Å²) in [5.74, 6) is 0.390. The van der Waals surface area contributed by atoms with E-state index in [-0.39, 0.29) is 11.1 Å². The van der Waals surface area contributed by atoms with E-state index in [0.717, 1.165) is 33.9 Å². The second kappa shape index (κ2) is 9.36. The Labute approximate surface area is 188 Å². The van der Waals surface area contributed by atoms with Gasteiger partial charge in [0.05, 0.1) is 22.0 Å². The Morgan fingerprint density at radius 2 is 1.84 bits per heavy atom. The van der Waals surface area contributed by atoms with E-state index in [1.165, 1.54) is 10.4 Å². The van der Waals surface area contributed by atoms with Crippen molar-refractivity contribution in [1.82, 2.24) is 10.3 Å². The van der Waals surface area contributed by atoms with E-state index in [1.54, 1.807) is 17.4 Å². The third-order valence-corrected chi connectivity index (χ3v) is 6.79. The number of amides is 2. The highest BCUT2D eigenvalue weighted by molar-refractivity contribution is 8.18. The number of hydrogen-bond donors (Lipinski definition) is 1. The molecule has 0 saturated carbocycles. The number of aryl methyl sites for hydroxylation is 1. The summed E-state index contributed by atoms with van der Waals surface area (Å²) in [6, 6.07) is 17.7. The van der Waals surface area contributed by atoms with Gasteiger partial charge in [-0.25, -0.2) is 4.98 Å². The summed E-state index contributed by atoms with van der Waals surface area (Å²) in [6.45, 7) is 3.25. The molecule has 1 aliphatic rings. The van der Waals surface area contributed by atoms with Crippen LogP contribution < -0.4 is 15.0 Å². The predicted octanol–water partition coefficient (Wildman–Crippen LogP) is 4.96. The normalized spacial score (nSPS) is 14.7. The first-order chi connectivity index (χ1) is 15.0. The fraction of sp³-hybridized carbons (Fsp3) is 0.174. The molecule has 0 spiro atoms. The van der Waals surface area contributed by atoms with Crippen LogP contribution in [0, 0.1) is 6.92 Å². The van der Waals surface area contributed by atoms with Crippen LogP contribution in [0.1, 0.15) is 11.3 Å². The predicted molar refractivity (Wildman–Crippen MR) is 127 cm³/mol. The topological polar surface area (TPSA) is 71.5 Å². The molecule has 8 heteroatoms. The monoisotopic (exact) mass is 451 g/mol. The molecule has 1 saturated heterocycles. The molecule has 0 unspecified atom stereocenters. The van der Waals surface area contributed by atoms with Crippen molar-refractivity contribution in [2.45, 2.75) is 6.92 Å². The summed E-state index contributed by atoms with van der Waals surface area (Å²) in [5.41, 5.74) is 3.05. The molecule has 3 aromatic rings. The van der Waals surface area contributed by atoms with Crippen LogP contribution in [-0.2, 0) is 4.79 Å². The number of carbonyl (C=O) groups is 2. The van der Waals surface area contributed by atoms with Crippen molar-refractivity contribution in [2.75, 3.05) is 25.1 Å². The van der Waals surface area contributed by atoms with Gasteiger partial charge in [-0.2, -0.15) is 0 Å². The Kier molecular flexibility index (Phi) is 6.39. The van der Waals surface area contributed by atoms with Gasteiger partial charge in [-0.15, -0.1) is 0 Å². The summed E-state index contributed by atoms with van der Waals surface area (Å²) in [5, 5.41) is 2.87. The Bertz CT molecular complexity index is 1120. The number of likely N-dealkylation sites (N-methyl/N-ethyl adjacent to an activating group) is 1. The van der Waals surface area contributed by atoms with Gasteiger partial charge >= 0.3 is 0 Å². The van der Waals surface area contributed by atoms with Gasteiger partial charge in [-0.05, 0) is 48.0 Å². The molecule has 1 N–H and O–H groups in total. The molecule has 4 rings (SSSR count). The smallest absolute Gasteiger partial charge is 0.290 e. The number of nitrogens with zero attached hydrogens (tertiary/aromatic N) is 2. The van der Waals surface area contributed by atoms with Gasteiger partial charge in [0.15, 0.2) is 5.13 Å².